The summed E-state index contributed by atoms with van der Waals surface area (Å²) in [6, 6.07) is 7.60. The molecule has 9 atom stereocenters. The molecule has 19 heteroatoms. The number of ketones is 2. The number of hydrogen-bond donors (Lipinski definition) is 1. The highest BCUT2D eigenvalue weighted by molar-refractivity contribution is 7.59. The molecule has 0 radical (unpaired) electrons. The van der Waals surface area contributed by atoms with Crippen molar-refractivity contribution < 1.29 is 42.9 Å². The van der Waals surface area contributed by atoms with Gasteiger partial charge in [0.15, 0.2) is 5.96 Å². The number of benzene rings is 1. The molecule has 0 aliphatic carbocycles. The van der Waals surface area contributed by atoms with E-state index >= 15 is 0 Å². The van der Waals surface area contributed by atoms with Crippen LogP contribution in [-0.4, -0.2) is 178 Å². The van der Waals surface area contributed by atoms with Crippen LogP contribution in [0, 0.1) is 17.8 Å². The maximum Gasteiger partial charge on any atom is 0.251 e. The number of guanidine groups is 1. The minimum atomic E-state index is -4.22. The van der Waals surface area contributed by atoms with Crippen LogP contribution in [0.25, 0.3) is 0 Å². The fourth-order valence-corrected chi connectivity index (χ4v) is 11.7. The van der Waals surface area contributed by atoms with Crippen LogP contribution >= 0.6 is 7.37 Å². The van der Waals surface area contributed by atoms with Crippen LogP contribution in [0.15, 0.2) is 65.9 Å². The Hall–Kier alpha value is -5.03. The van der Waals surface area contributed by atoms with E-state index in [1.54, 1.807) is 47.8 Å². The number of likely N-dealkylation sites (N-methyl/N-ethyl adjacent to an activating group) is 1. The highest BCUT2D eigenvalue weighted by Crippen LogP contribution is 2.50. The number of aliphatic imine (C=N–C) groups is 1. The first-order chi connectivity index (χ1) is 33.5. The molecule has 394 valence electrons. The van der Waals surface area contributed by atoms with Crippen LogP contribution < -0.4 is 0 Å². The number of likely N-dealkylation sites (tertiary alicyclic amines) is 1. The lowest BCUT2D eigenvalue weighted by Crippen LogP contribution is -2.55. The molecule has 1 unspecified atom stereocenters. The summed E-state index contributed by atoms with van der Waals surface area (Å²) in [5.41, 5.74) is 0.926. The zero-order chi connectivity index (χ0) is 52.7. The molecule has 0 spiro atoms. The number of carbonyl (C=O) groups is 5. The predicted molar refractivity (Wildman–Crippen MR) is 276 cm³/mol. The van der Waals surface area contributed by atoms with Crippen molar-refractivity contribution in [2.75, 3.05) is 62.2 Å². The van der Waals surface area contributed by atoms with Crippen molar-refractivity contribution in [3.8, 4) is 0 Å². The lowest BCUT2D eigenvalue weighted by atomic mass is 9.88. The Morgan fingerprint density at radius 2 is 1.65 bits per heavy atom. The molecule has 2 aliphatic heterocycles. The van der Waals surface area contributed by atoms with E-state index in [9.17, 15) is 33.4 Å². The standard InChI is InChI=1S/C52H82N9O9P/c1-14-36(4)49(58(11)51(66)48(35(2)3)53-52(56(7)8)57(9)10)45(69-12)31-47(65)60-28-20-24-43(60)50(70-13)38(6)44(63)30-42(29-39-21-16-15-17-22-39)71(67,68)34-41(62)23-18-19-27-59-32-40(54-55-59)33-61-37(5)25-26-46(61)64/h15-17,21-22,25-26,32,35-36,38,42-43,45,48-50H,5,14,18-20,23-24,27-31,33-34H2,1-4,6-13H3,(H,67,68)/t36-,38-,42+,43-,45+,48-,49-,50+/m0/s1. The Morgan fingerprint density at radius 3 is 2.23 bits per heavy atom. The first-order valence-corrected chi connectivity index (χ1v) is 27.0. The van der Waals surface area contributed by atoms with Gasteiger partial charge in [-0.15, -0.1) is 5.10 Å². The molecule has 4 rings (SSSR count). The van der Waals surface area contributed by atoms with Gasteiger partial charge in [-0.2, -0.15) is 0 Å². The smallest absolute Gasteiger partial charge is 0.251 e. The van der Waals surface area contributed by atoms with E-state index in [0.717, 1.165) is 12.0 Å². The molecule has 1 aromatic heterocycles. The van der Waals surface area contributed by atoms with Gasteiger partial charge < -0.3 is 38.9 Å². The quantitative estimate of drug-likeness (QED) is 0.0472. The van der Waals surface area contributed by atoms with Crippen molar-refractivity contribution in [3.05, 3.63) is 72.2 Å². The molecule has 1 aromatic carbocycles. The molecule has 0 saturated carbocycles. The minimum Gasteiger partial charge on any atom is -0.379 e. The first kappa shape index (κ1) is 58.5. The number of Topliss-reactive ketones (excluding diaryl/α,β-unsaturated/α-hetero) is 2. The average Bonchev–Trinajstić information content (AvgIpc) is 4.07. The number of rotatable bonds is 28. The molecule has 3 heterocycles. The van der Waals surface area contributed by atoms with Crippen molar-refractivity contribution in [3.63, 3.8) is 0 Å². The Balaban J connectivity index is 1.44. The normalized spacial score (nSPS) is 18.6. The summed E-state index contributed by atoms with van der Waals surface area (Å²) < 4.78 is 28.1. The predicted octanol–water partition coefficient (Wildman–Crippen LogP) is 5.69. The molecule has 71 heavy (non-hydrogen) atoms. The summed E-state index contributed by atoms with van der Waals surface area (Å²) in [5, 5.41) is 8.28. The van der Waals surface area contributed by atoms with Crippen molar-refractivity contribution in [1.29, 1.82) is 0 Å². The van der Waals surface area contributed by atoms with Gasteiger partial charge in [-0.25, -0.2) is 4.99 Å². The lowest BCUT2D eigenvalue weighted by Gasteiger charge is -2.40. The van der Waals surface area contributed by atoms with Crippen LogP contribution in [0.5, 0.6) is 0 Å². The van der Waals surface area contributed by atoms with E-state index in [2.05, 4.69) is 23.8 Å². The summed E-state index contributed by atoms with van der Waals surface area (Å²) in [6.45, 7) is 14.8. The molecule has 2 aliphatic rings. The SMILES string of the molecule is C=C1C=CC(=O)N1Cc1cn(CCCCC(=O)CP(=O)(O)[C@@H](CC(=O)[C@H](C)[C@@H](OC)[C@@H]2CCCN2C(=O)C[C@@H](OC)[C@H]([C@@H](C)CC)N(C)C(=O)[C@@H](N=C(N(C)C)N(C)C)C(C)C)Cc2ccccc2)nn1. The maximum absolute atomic E-state index is 14.5. The number of hydrogen-bond acceptors (Lipinski definition) is 11. The average molecular weight is 1010 g/mol. The van der Waals surface area contributed by atoms with Crippen molar-refractivity contribution >= 4 is 42.6 Å². The topological polar surface area (TPSA) is 200 Å². The highest BCUT2D eigenvalue weighted by Gasteiger charge is 2.44. The third-order valence-corrected chi connectivity index (χ3v) is 16.4. The maximum atomic E-state index is 14.5. The molecular formula is C52H82N9O9P. The number of nitrogens with zero attached hydrogens (tertiary/aromatic N) is 9. The van der Waals surface area contributed by atoms with Gasteiger partial charge in [-0.3, -0.25) is 33.2 Å². The van der Waals surface area contributed by atoms with E-state index < -0.39 is 55.4 Å². The lowest BCUT2D eigenvalue weighted by molar-refractivity contribution is -0.146. The second-order valence-electron chi connectivity index (χ2n) is 20.1. The number of allylic oxidation sites excluding steroid dienone is 1. The zero-order valence-electron chi connectivity index (χ0n) is 44.4. The molecule has 1 N–H and O–H groups in total. The number of ether oxygens (including phenoxy) is 2. The van der Waals surface area contributed by atoms with E-state index in [0.29, 0.717) is 56.1 Å². The summed E-state index contributed by atoms with van der Waals surface area (Å²) in [5.74, 6) is -1.39. The van der Waals surface area contributed by atoms with Crippen LogP contribution in [0.1, 0.15) is 97.2 Å². The molecule has 3 amide bonds. The number of aromatic nitrogens is 3. The molecular weight excluding hydrogens is 926 g/mol. The van der Waals surface area contributed by atoms with Gasteiger partial charge in [0.2, 0.25) is 19.2 Å². The molecule has 0 bridgehead atoms. The summed E-state index contributed by atoms with van der Waals surface area (Å²) in [7, 11) is 8.17. The monoisotopic (exact) mass is 1010 g/mol. The Morgan fingerprint density at radius 1 is 0.972 bits per heavy atom. The van der Waals surface area contributed by atoms with Crippen LogP contribution in [0.3, 0.4) is 0 Å². The van der Waals surface area contributed by atoms with Gasteiger partial charge in [-0.1, -0.05) is 83.2 Å². The second-order valence-corrected chi connectivity index (χ2v) is 22.7. The van der Waals surface area contributed by atoms with Crippen LogP contribution in [-0.2, 0) is 57.5 Å². The Kier molecular flexibility index (Phi) is 22.4. The molecule has 2 aromatic rings. The van der Waals surface area contributed by atoms with Crippen LogP contribution in [0.2, 0.25) is 0 Å². The Labute approximate surface area is 422 Å². The second kappa shape index (κ2) is 27.1. The molecule has 1 fully saturated rings. The fraction of sp³-hybridized carbons (Fsp3) is 0.654. The van der Waals surface area contributed by atoms with Gasteiger partial charge in [0.05, 0.1) is 49.6 Å². The number of methoxy groups -OCH3 is 2. The molecule has 1 saturated heterocycles. The largest absolute Gasteiger partial charge is 0.379 e. The van der Waals surface area contributed by atoms with Crippen LogP contribution in [0.4, 0.5) is 0 Å². The van der Waals surface area contributed by atoms with Crippen molar-refractivity contribution in [2.24, 2.45) is 22.7 Å². The minimum absolute atomic E-state index is 0.00613. The summed E-state index contributed by atoms with van der Waals surface area (Å²) in [6.07, 6.45) is 5.88. The first-order valence-electron chi connectivity index (χ1n) is 25.1. The zero-order valence-corrected chi connectivity index (χ0v) is 45.3. The fourth-order valence-electron chi connectivity index (χ4n) is 9.86. The van der Waals surface area contributed by atoms with E-state index in [4.69, 9.17) is 14.5 Å². The third-order valence-electron chi connectivity index (χ3n) is 14.0. The number of unbranched alkanes of at least 4 members (excludes halogenated alkanes) is 1. The third kappa shape index (κ3) is 16.0. The number of carbonyl (C=O) groups excluding carboxylic acids is 5. The summed E-state index contributed by atoms with van der Waals surface area (Å²) >= 11 is 0. The van der Waals surface area contributed by atoms with Gasteiger partial charge in [0.25, 0.3) is 5.91 Å². The van der Waals surface area contributed by atoms with Gasteiger partial charge in [-0.05, 0) is 55.6 Å². The van der Waals surface area contributed by atoms with Crippen molar-refractivity contribution in [1.82, 2.24) is 39.5 Å². The van der Waals surface area contributed by atoms with E-state index in [1.165, 1.54) is 18.1 Å². The number of amides is 3. The van der Waals surface area contributed by atoms with E-state index in [-0.39, 0.29) is 73.4 Å². The number of aryl methyl sites for hydroxylation is 1. The molecule has 18 nitrogen and oxygen atoms in total. The van der Waals surface area contributed by atoms with Gasteiger partial charge >= 0.3 is 0 Å². The van der Waals surface area contributed by atoms with Gasteiger partial charge in [0, 0.05) is 98.7 Å². The van der Waals surface area contributed by atoms with Gasteiger partial charge in [0.1, 0.15) is 23.3 Å². The highest BCUT2D eigenvalue weighted by atomic mass is 31.2. The van der Waals surface area contributed by atoms with Crippen molar-refractivity contribution in [2.45, 2.75) is 141 Å². The van der Waals surface area contributed by atoms with E-state index in [1.807, 2.05) is 89.1 Å². The Bertz CT molecular complexity index is 2200. The summed E-state index contributed by atoms with van der Waals surface area (Å²) in [4.78, 5) is 93.9.